The van der Waals surface area contributed by atoms with Crippen molar-refractivity contribution in [3.63, 3.8) is 0 Å². The Morgan fingerprint density at radius 3 is 2.58 bits per heavy atom. The summed E-state index contributed by atoms with van der Waals surface area (Å²) >= 11 is 5.77. The maximum absolute atomic E-state index is 13.0. The monoisotopic (exact) mass is 497 g/mol. The van der Waals surface area contributed by atoms with Gasteiger partial charge in [0.15, 0.2) is 5.11 Å². The van der Waals surface area contributed by atoms with Crippen LogP contribution < -0.4 is 10.6 Å². The maximum Gasteiger partial charge on any atom is 0.226 e. The maximum atomic E-state index is 13.0. The van der Waals surface area contributed by atoms with Gasteiger partial charge in [-0.3, -0.25) is 9.78 Å². The molecule has 4 aromatic rings. The highest BCUT2D eigenvalue weighted by molar-refractivity contribution is 7.80. The third-order valence-electron chi connectivity index (χ3n) is 6.67. The SMILES string of the molecule is CC(C)(C)n1ccc([C@H]2[C@@H](c3ccccn3)NC(=S)N2CCC(=O)Nc2cccc3ccccc23)c1. The van der Waals surface area contributed by atoms with Crippen molar-refractivity contribution in [2.75, 3.05) is 11.9 Å². The largest absolute Gasteiger partial charge is 0.352 e. The Labute approximate surface area is 217 Å². The molecule has 7 heteroatoms. The molecule has 1 aliphatic heterocycles. The molecule has 0 saturated carbocycles. The highest BCUT2D eigenvalue weighted by atomic mass is 32.1. The van der Waals surface area contributed by atoms with Gasteiger partial charge in [-0.25, -0.2) is 0 Å². The van der Waals surface area contributed by atoms with E-state index in [1.165, 1.54) is 0 Å². The smallest absolute Gasteiger partial charge is 0.226 e. The number of pyridine rings is 1. The fourth-order valence-electron chi connectivity index (χ4n) is 4.78. The summed E-state index contributed by atoms with van der Waals surface area (Å²) in [6.45, 7) is 7.04. The minimum Gasteiger partial charge on any atom is -0.352 e. The summed E-state index contributed by atoms with van der Waals surface area (Å²) in [4.78, 5) is 19.8. The molecule has 1 fully saturated rings. The van der Waals surface area contributed by atoms with Crippen molar-refractivity contribution in [2.45, 2.75) is 44.8 Å². The van der Waals surface area contributed by atoms with Crippen LogP contribution in [0.2, 0.25) is 0 Å². The number of benzene rings is 2. The van der Waals surface area contributed by atoms with E-state index in [4.69, 9.17) is 12.2 Å². The zero-order valence-electron chi connectivity index (χ0n) is 20.8. The first-order chi connectivity index (χ1) is 17.3. The lowest BCUT2D eigenvalue weighted by molar-refractivity contribution is -0.116. The van der Waals surface area contributed by atoms with Crippen LogP contribution >= 0.6 is 12.2 Å². The standard InChI is InChI=1S/C29H31N5OS/c1-29(2,3)33-17-14-21(19-33)27-26(24-12-6-7-16-30-24)32-28(36)34(27)18-15-25(35)31-23-13-8-10-20-9-4-5-11-22(20)23/h4-14,16-17,19,26-27H,15,18H2,1-3H3,(H,31,35)(H,32,36)/t26-,27+/m1/s1. The number of carbonyl (C=O) groups excluding carboxylic acids is 1. The lowest BCUT2D eigenvalue weighted by Crippen LogP contribution is -2.32. The second-order valence-corrected chi connectivity index (χ2v) is 10.6. The third-order valence-corrected chi connectivity index (χ3v) is 7.03. The number of thiocarbonyl (C=S) groups is 1. The summed E-state index contributed by atoms with van der Waals surface area (Å²) < 4.78 is 2.21. The number of amides is 1. The van der Waals surface area contributed by atoms with E-state index in [1.807, 2.05) is 60.7 Å². The molecule has 6 nitrogen and oxygen atoms in total. The van der Waals surface area contributed by atoms with Crippen LogP contribution in [-0.2, 0) is 10.3 Å². The quantitative estimate of drug-likeness (QED) is 0.330. The number of nitrogens with zero attached hydrogens (tertiary/aromatic N) is 3. The van der Waals surface area contributed by atoms with Crippen molar-refractivity contribution < 1.29 is 4.79 Å². The normalized spacial score (nSPS) is 17.9. The molecule has 0 bridgehead atoms. The second kappa shape index (κ2) is 9.74. The molecule has 0 aliphatic carbocycles. The van der Waals surface area contributed by atoms with Crippen LogP contribution in [0.25, 0.3) is 10.8 Å². The zero-order chi connectivity index (χ0) is 25.3. The Bertz CT molecular complexity index is 1390. The van der Waals surface area contributed by atoms with Gasteiger partial charge in [-0.1, -0.05) is 42.5 Å². The van der Waals surface area contributed by atoms with Gasteiger partial charge in [0.2, 0.25) is 5.91 Å². The van der Waals surface area contributed by atoms with Crippen LogP contribution in [0, 0.1) is 0 Å². The summed E-state index contributed by atoms with van der Waals surface area (Å²) in [5.41, 5.74) is 2.86. The summed E-state index contributed by atoms with van der Waals surface area (Å²) in [5.74, 6) is -0.0403. The first-order valence-corrected chi connectivity index (χ1v) is 12.7. The average Bonchev–Trinajstić information content (AvgIpc) is 3.48. The minimum absolute atomic E-state index is 0.0333. The molecule has 0 unspecified atom stereocenters. The molecule has 1 amide bonds. The Balaban J connectivity index is 1.38. The predicted octanol–water partition coefficient (Wildman–Crippen LogP) is 5.79. The number of fused-ring (bicyclic) bond motifs is 1. The van der Waals surface area contributed by atoms with Gasteiger partial charge in [0, 0.05) is 48.2 Å². The van der Waals surface area contributed by atoms with Gasteiger partial charge in [-0.15, -0.1) is 0 Å². The van der Waals surface area contributed by atoms with Crippen molar-refractivity contribution >= 4 is 39.7 Å². The third kappa shape index (κ3) is 4.84. The van der Waals surface area contributed by atoms with Gasteiger partial charge in [-0.2, -0.15) is 0 Å². The van der Waals surface area contributed by atoms with E-state index in [0.29, 0.717) is 18.1 Å². The van der Waals surface area contributed by atoms with Gasteiger partial charge in [-0.05, 0) is 68.2 Å². The molecular formula is C29H31N5OS. The van der Waals surface area contributed by atoms with E-state index in [9.17, 15) is 4.79 Å². The summed E-state index contributed by atoms with van der Waals surface area (Å²) in [5, 5.41) is 9.33. The molecule has 5 rings (SSSR count). The summed E-state index contributed by atoms with van der Waals surface area (Å²) in [6.07, 6.45) is 6.41. The molecule has 184 valence electrons. The molecule has 2 aromatic carbocycles. The summed E-state index contributed by atoms with van der Waals surface area (Å²) in [6, 6.07) is 21.9. The van der Waals surface area contributed by atoms with Gasteiger partial charge < -0.3 is 20.1 Å². The molecule has 3 heterocycles. The van der Waals surface area contributed by atoms with E-state index < -0.39 is 0 Å². The van der Waals surface area contributed by atoms with Crippen LogP contribution in [-0.4, -0.2) is 32.0 Å². The number of nitrogens with one attached hydrogen (secondary N) is 2. The van der Waals surface area contributed by atoms with Gasteiger partial charge in [0.1, 0.15) is 0 Å². The average molecular weight is 498 g/mol. The molecule has 2 atom stereocenters. The first kappa shape index (κ1) is 24.0. The van der Waals surface area contributed by atoms with Crippen LogP contribution in [0.15, 0.2) is 85.3 Å². The zero-order valence-corrected chi connectivity index (χ0v) is 21.6. The fraction of sp³-hybridized carbons (Fsp3) is 0.276. The Morgan fingerprint density at radius 1 is 1.06 bits per heavy atom. The van der Waals surface area contributed by atoms with Crippen LogP contribution in [0.3, 0.4) is 0 Å². The lowest BCUT2D eigenvalue weighted by atomic mass is 9.99. The van der Waals surface area contributed by atoms with Crippen LogP contribution in [0.1, 0.15) is 50.5 Å². The number of carbonyl (C=O) groups is 1. The van der Waals surface area contributed by atoms with Gasteiger partial charge in [0.05, 0.1) is 17.8 Å². The number of anilines is 1. The van der Waals surface area contributed by atoms with E-state index in [2.05, 4.69) is 64.3 Å². The topological polar surface area (TPSA) is 62.2 Å². The molecule has 1 aliphatic rings. The second-order valence-electron chi connectivity index (χ2n) is 10.2. The van der Waals surface area contributed by atoms with E-state index in [0.717, 1.165) is 27.7 Å². The molecule has 2 aromatic heterocycles. The first-order valence-electron chi connectivity index (χ1n) is 12.3. The van der Waals surface area contributed by atoms with Gasteiger partial charge in [0.25, 0.3) is 0 Å². The Hall–Kier alpha value is -3.71. The predicted molar refractivity (Wildman–Crippen MR) is 149 cm³/mol. The number of aromatic nitrogens is 2. The van der Waals surface area contributed by atoms with E-state index in [-0.39, 0.29) is 23.5 Å². The summed E-state index contributed by atoms with van der Waals surface area (Å²) in [7, 11) is 0. The lowest BCUT2D eigenvalue weighted by Gasteiger charge is -2.27. The minimum atomic E-state index is -0.101. The molecule has 0 radical (unpaired) electrons. The van der Waals surface area contributed by atoms with Crippen molar-refractivity contribution in [3.8, 4) is 0 Å². The highest BCUT2D eigenvalue weighted by Gasteiger charge is 2.40. The van der Waals surface area contributed by atoms with Crippen LogP contribution in [0.4, 0.5) is 5.69 Å². The molecular weight excluding hydrogens is 466 g/mol. The highest BCUT2D eigenvalue weighted by Crippen LogP contribution is 2.39. The number of rotatable bonds is 6. The van der Waals surface area contributed by atoms with E-state index >= 15 is 0 Å². The molecule has 36 heavy (non-hydrogen) atoms. The van der Waals surface area contributed by atoms with Gasteiger partial charge >= 0.3 is 0 Å². The fourth-order valence-corrected chi connectivity index (χ4v) is 5.12. The van der Waals surface area contributed by atoms with E-state index in [1.54, 1.807) is 6.20 Å². The molecule has 2 N–H and O–H groups in total. The van der Waals surface area contributed by atoms with Crippen LogP contribution in [0.5, 0.6) is 0 Å². The van der Waals surface area contributed by atoms with Crippen molar-refractivity contribution in [3.05, 3.63) is 96.6 Å². The van der Waals surface area contributed by atoms with Crippen molar-refractivity contribution in [2.24, 2.45) is 0 Å². The number of hydrogen-bond acceptors (Lipinski definition) is 3. The Morgan fingerprint density at radius 2 is 1.83 bits per heavy atom. The van der Waals surface area contributed by atoms with Crippen molar-refractivity contribution in [1.82, 2.24) is 19.8 Å². The molecule has 0 spiro atoms. The van der Waals surface area contributed by atoms with Crippen molar-refractivity contribution in [1.29, 1.82) is 0 Å². The Kier molecular flexibility index (Phi) is 6.49. The molecule has 1 saturated heterocycles. The number of hydrogen-bond donors (Lipinski definition) is 2.